The summed E-state index contributed by atoms with van der Waals surface area (Å²) in [6, 6.07) is 15.4. The molecule has 2 aromatic carbocycles. The maximum Gasteiger partial charge on any atom is 0.224 e. The van der Waals surface area contributed by atoms with Gasteiger partial charge in [0.2, 0.25) is 5.91 Å². The number of carbonyl (C=O) groups excluding carboxylic acids is 1. The van der Waals surface area contributed by atoms with Gasteiger partial charge in [0.25, 0.3) is 0 Å². The number of hydrogen-bond donors (Lipinski definition) is 1. The van der Waals surface area contributed by atoms with Crippen LogP contribution in [-0.4, -0.2) is 12.5 Å². The number of amides is 1. The van der Waals surface area contributed by atoms with Crippen LogP contribution in [0.3, 0.4) is 0 Å². The van der Waals surface area contributed by atoms with Gasteiger partial charge in [0, 0.05) is 6.42 Å². The number of anilines is 1. The van der Waals surface area contributed by atoms with E-state index < -0.39 is 0 Å². The monoisotopic (exact) mass is 359 g/mol. The highest BCUT2D eigenvalue weighted by Gasteiger charge is 2.17. The fraction of sp³-hybridized carbons (Fsp3) is 0.381. The van der Waals surface area contributed by atoms with Crippen LogP contribution in [0.2, 0.25) is 5.02 Å². The molecule has 1 amide bonds. The highest BCUT2D eigenvalue weighted by molar-refractivity contribution is 6.33. The third kappa shape index (κ3) is 5.79. The van der Waals surface area contributed by atoms with Crippen LogP contribution in [0.5, 0.6) is 5.75 Å². The minimum atomic E-state index is -0.0586. The van der Waals surface area contributed by atoms with E-state index in [4.69, 9.17) is 16.3 Å². The molecule has 0 fully saturated rings. The first kappa shape index (κ1) is 19.3. The third-order valence-electron chi connectivity index (χ3n) is 4.48. The second-order valence-electron chi connectivity index (χ2n) is 6.74. The van der Waals surface area contributed by atoms with Gasteiger partial charge in [-0.1, -0.05) is 56.6 Å². The van der Waals surface area contributed by atoms with Gasteiger partial charge in [-0.3, -0.25) is 4.79 Å². The van der Waals surface area contributed by atoms with Crippen LogP contribution >= 0.6 is 11.6 Å². The maximum atomic E-state index is 11.9. The lowest BCUT2D eigenvalue weighted by Gasteiger charge is -2.23. The summed E-state index contributed by atoms with van der Waals surface area (Å²) in [6.45, 7) is 7.17. The van der Waals surface area contributed by atoms with Gasteiger partial charge in [0.05, 0.1) is 17.3 Å². The molecule has 0 saturated carbocycles. The molecular formula is C21H26ClNO2. The van der Waals surface area contributed by atoms with E-state index in [1.165, 1.54) is 5.56 Å². The SMILES string of the molecule is CCC(C)(C)c1ccc(OCCCC(=O)Nc2ccccc2Cl)cc1. The summed E-state index contributed by atoms with van der Waals surface area (Å²) in [7, 11) is 0. The van der Waals surface area contributed by atoms with Crippen LogP contribution in [0, 0.1) is 0 Å². The highest BCUT2D eigenvalue weighted by Crippen LogP contribution is 2.28. The molecule has 0 radical (unpaired) electrons. The van der Waals surface area contributed by atoms with E-state index in [0.717, 1.165) is 12.2 Å². The molecule has 1 N–H and O–H groups in total. The second-order valence-corrected chi connectivity index (χ2v) is 7.15. The summed E-state index contributed by atoms with van der Waals surface area (Å²) in [5.41, 5.74) is 2.13. The van der Waals surface area contributed by atoms with Gasteiger partial charge >= 0.3 is 0 Å². The molecule has 0 aromatic heterocycles. The molecule has 0 bridgehead atoms. The quantitative estimate of drug-likeness (QED) is 0.602. The predicted octanol–water partition coefficient (Wildman–Crippen LogP) is 5.83. The summed E-state index contributed by atoms with van der Waals surface area (Å²) in [6.07, 6.45) is 2.14. The average Bonchev–Trinajstić information content (AvgIpc) is 2.61. The fourth-order valence-corrected chi connectivity index (χ4v) is 2.59. The number of carbonyl (C=O) groups is 1. The predicted molar refractivity (Wildman–Crippen MR) is 105 cm³/mol. The molecule has 0 spiro atoms. The summed E-state index contributed by atoms with van der Waals surface area (Å²) < 4.78 is 5.73. The Morgan fingerprint density at radius 1 is 1.12 bits per heavy atom. The fourth-order valence-electron chi connectivity index (χ4n) is 2.40. The van der Waals surface area contributed by atoms with Gasteiger partial charge in [0.1, 0.15) is 5.75 Å². The lowest BCUT2D eigenvalue weighted by molar-refractivity contribution is -0.116. The van der Waals surface area contributed by atoms with Crippen LogP contribution in [0.4, 0.5) is 5.69 Å². The molecule has 2 rings (SSSR count). The smallest absolute Gasteiger partial charge is 0.224 e. The second kappa shape index (κ2) is 8.91. The first-order valence-electron chi connectivity index (χ1n) is 8.70. The van der Waals surface area contributed by atoms with E-state index >= 15 is 0 Å². The summed E-state index contributed by atoms with van der Waals surface area (Å²) in [5.74, 6) is 0.777. The van der Waals surface area contributed by atoms with Gasteiger partial charge in [-0.25, -0.2) is 0 Å². The Bertz CT molecular complexity index is 695. The average molecular weight is 360 g/mol. The van der Waals surface area contributed by atoms with E-state index in [-0.39, 0.29) is 11.3 Å². The minimum Gasteiger partial charge on any atom is -0.494 e. The molecule has 0 aliphatic rings. The molecule has 2 aromatic rings. The number of benzene rings is 2. The lowest BCUT2D eigenvalue weighted by atomic mass is 9.82. The number of halogens is 1. The summed E-state index contributed by atoms with van der Waals surface area (Å²) in [4.78, 5) is 11.9. The molecule has 0 aliphatic heterocycles. The Kier molecular flexibility index (Phi) is 6.89. The zero-order chi connectivity index (χ0) is 18.3. The third-order valence-corrected chi connectivity index (χ3v) is 4.81. The molecule has 0 heterocycles. The van der Waals surface area contributed by atoms with Crippen LogP contribution in [0.1, 0.15) is 45.6 Å². The number of hydrogen-bond acceptors (Lipinski definition) is 2. The van der Waals surface area contributed by atoms with Crippen molar-refractivity contribution in [3.63, 3.8) is 0 Å². The van der Waals surface area contributed by atoms with Crippen LogP contribution < -0.4 is 10.1 Å². The molecule has 25 heavy (non-hydrogen) atoms. The van der Waals surface area contributed by atoms with Crippen molar-refractivity contribution >= 4 is 23.2 Å². The Morgan fingerprint density at radius 3 is 2.44 bits per heavy atom. The Morgan fingerprint density at radius 2 is 1.80 bits per heavy atom. The zero-order valence-corrected chi connectivity index (χ0v) is 15.9. The molecule has 0 unspecified atom stereocenters. The van der Waals surface area contributed by atoms with Gasteiger partial charge in [-0.15, -0.1) is 0 Å². The Hall–Kier alpha value is -2.00. The largest absolute Gasteiger partial charge is 0.494 e. The number of rotatable bonds is 8. The Balaban J connectivity index is 1.74. The van der Waals surface area contributed by atoms with Crippen LogP contribution in [0.25, 0.3) is 0 Å². The molecule has 0 saturated heterocycles. The maximum absolute atomic E-state index is 11.9. The number of para-hydroxylation sites is 1. The van der Waals surface area contributed by atoms with Crippen molar-refractivity contribution in [1.82, 2.24) is 0 Å². The molecule has 0 aliphatic carbocycles. The van der Waals surface area contributed by atoms with Crippen molar-refractivity contribution < 1.29 is 9.53 Å². The lowest BCUT2D eigenvalue weighted by Crippen LogP contribution is -2.15. The van der Waals surface area contributed by atoms with Gasteiger partial charge in [-0.05, 0) is 48.1 Å². The zero-order valence-electron chi connectivity index (χ0n) is 15.1. The number of ether oxygens (including phenoxy) is 1. The van der Waals surface area contributed by atoms with Crippen molar-refractivity contribution in [2.24, 2.45) is 0 Å². The van der Waals surface area contributed by atoms with E-state index in [1.54, 1.807) is 12.1 Å². The Labute approximate surface area is 155 Å². The highest BCUT2D eigenvalue weighted by atomic mass is 35.5. The van der Waals surface area contributed by atoms with Gasteiger partial charge in [0.15, 0.2) is 0 Å². The molecule has 0 atom stereocenters. The minimum absolute atomic E-state index is 0.0586. The van der Waals surface area contributed by atoms with Gasteiger partial charge < -0.3 is 10.1 Å². The van der Waals surface area contributed by atoms with Crippen LogP contribution in [-0.2, 0) is 10.2 Å². The standard InChI is InChI=1S/C21H26ClNO2/c1-4-21(2,3)16-11-13-17(14-12-16)25-15-7-10-20(24)23-19-9-6-5-8-18(19)22/h5-6,8-9,11-14H,4,7,10,15H2,1-3H3,(H,23,24). The van der Waals surface area contributed by atoms with Crippen molar-refractivity contribution in [1.29, 1.82) is 0 Å². The summed E-state index contributed by atoms with van der Waals surface area (Å²) in [5, 5.41) is 3.36. The summed E-state index contributed by atoms with van der Waals surface area (Å²) >= 11 is 6.03. The molecular weight excluding hydrogens is 334 g/mol. The van der Waals surface area contributed by atoms with Crippen molar-refractivity contribution in [3.8, 4) is 5.75 Å². The van der Waals surface area contributed by atoms with Gasteiger partial charge in [-0.2, -0.15) is 0 Å². The first-order chi connectivity index (χ1) is 11.9. The van der Waals surface area contributed by atoms with Crippen LogP contribution in [0.15, 0.2) is 48.5 Å². The molecule has 134 valence electrons. The van der Waals surface area contributed by atoms with E-state index in [0.29, 0.717) is 30.2 Å². The molecule has 4 heteroatoms. The van der Waals surface area contributed by atoms with E-state index in [1.807, 2.05) is 24.3 Å². The van der Waals surface area contributed by atoms with Crippen molar-refractivity contribution in [3.05, 3.63) is 59.1 Å². The van der Waals surface area contributed by atoms with Crippen molar-refractivity contribution in [2.45, 2.75) is 45.4 Å². The van der Waals surface area contributed by atoms with E-state index in [9.17, 15) is 4.79 Å². The number of nitrogens with one attached hydrogen (secondary N) is 1. The van der Waals surface area contributed by atoms with E-state index in [2.05, 4.69) is 38.2 Å². The molecule has 3 nitrogen and oxygen atoms in total. The topological polar surface area (TPSA) is 38.3 Å². The normalized spacial score (nSPS) is 11.2. The first-order valence-corrected chi connectivity index (χ1v) is 9.08. The van der Waals surface area contributed by atoms with Crippen molar-refractivity contribution in [2.75, 3.05) is 11.9 Å².